The summed E-state index contributed by atoms with van der Waals surface area (Å²) < 4.78 is 7.52. The van der Waals surface area contributed by atoms with Gasteiger partial charge in [0.15, 0.2) is 0 Å². The van der Waals surface area contributed by atoms with Gasteiger partial charge >= 0.3 is 6.09 Å². The number of carbonyl (C=O) groups excluding carboxylic acids is 1. The maximum atomic E-state index is 12.4. The summed E-state index contributed by atoms with van der Waals surface area (Å²) in [5.41, 5.74) is 0.722. The smallest absolute Gasteiger partial charge is 0.410 e. The minimum absolute atomic E-state index is 0.122. The molecule has 0 aromatic carbocycles. The van der Waals surface area contributed by atoms with Gasteiger partial charge in [0.05, 0.1) is 5.69 Å². The van der Waals surface area contributed by atoms with Gasteiger partial charge in [-0.1, -0.05) is 0 Å². The molecule has 6 heteroatoms. The minimum Gasteiger partial charge on any atom is -0.444 e. The Hall–Kier alpha value is -1.56. The lowest BCUT2D eigenvalue weighted by molar-refractivity contribution is 0.00695. The van der Waals surface area contributed by atoms with E-state index in [9.17, 15) is 4.79 Å². The summed E-state index contributed by atoms with van der Waals surface area (Å²) in [7, 11) is 0. The Kier molecular flexibility index (Phi) is 5.68. The SMILES string of the molecule is CCn1nccc1CNC1CCCN(C(=O)OC(C)(C)C)C1C. The van der Waals surface area contributed by atoms with Crippen LogP contribution >= 0.6 is 0 Å². The highest BCUT2D eigenvalue weighted by molar-refractivity contribution is 5.68. The van der Waals surface area contributed by atoms with E-state index in [-0.39, 0.29) is 18.2 Å². The van der Waals surface area contributed by atoms with Crippen molar-refractivity contribution in [1.82, 2.24) is 20.0 Å². The van der Waals surface area contributed by atoms with Crippen molar-refractivity contribution in [2.75, 3.05) is 6.54 Å². The van der Waals surface area contributed by atoms with Crippen molar-refractivity contribution in [1.29, 1.82) is 0 Å². The third-order valence-corrected chi connectivity index (χ3v) is 4.27. The van der Waals surface area contributed by atoms with Crippen LogP contribution in [-0.4, -0.2) is 45.0 Å². The van der Waals surface area contributed by atoms with Gasteiger partial charge in [-0.3, -0.25) is 4.68 Å². The van der Waals surface area contributed by atoms with Crippen LogP contribution in [-0.2, 0) is 17.8 Å². The second kappa shape index (κ2) is 7.34. The lowest BCUT2D eigenvalue weighted by Gasteiger charge is -2.40. The third-order valence-electron chi connectivity index (χ3n) is 4.27. The molecule has 2 rings (SSSR count). The van der Waals surface area contributed by atoms with E-state index < -0.39 is 5.60 Å². The Morgan fingerprint density at radius 1 is 1.48 bits per heavy atom. The van der Waals surface area contributed by atoms with Crippen molar-refractivity contribution in [2.45, 2.75) is 78.2 Å². The summed E-state index contributed by atoms with van der Waals surface area (Å²) in [5, 5.41) is 7.88. The van der Waals surface area contributed by atoms with E-state index in [4.69, 9.17) is 4.74 Å². The Labute approximate surface area is 139 Å². The molecule has 0 radical (unpaired) electrons. The van der Waals surface area contributed by atoms with Gasteiger partial charge in [-0.05, 0) is 53.5 Å². The van der Waals surface area contributed by atoms with Crippen LogP contribution in [0, 0.1) is 0 Å². The van der Waals surface area contributed by atoms with Gasteiger partial charge in [-0.2, -0.15) is 5.10 Å². The Morgan fingerprint density at radius 3 is 2.87 bits per heavy atom. The molecule has 1 aromatic heterocycles. The maximum absolute atomic E-state index is 12.4. The number of hydrogen-bond donors (Lipinski definition) is 1. The summed E-state index contributed by atoms with van der Waals surface area (Å²) in [6.45, 7) is 12.3. The predicted octanol–water partition coefficient (Wildman–Crippen LogP) is 2.78. The minimum atomic E-state index is -0.454. The summed E-state index contributed by atoms with van der Waals surface area (Å²) >= 11 is 0. The number of aryl methyl sites for hydroxylation is 1. The first-order valence-corrected chi connectivity index (χ1v) is 8.55. The number of aromatic nitrogens is 2. The summed E-state index contributed by atoms with van der Waals surface area (Å²) in [6, 6.07) is 2.43. The molecule has 1 amide bonds. The topological polar surface area (TPSA) is 59.4 Å². The zero-order valence-corrected chi connectivity index (χ0v) is 15.0. The van der Waals surface area contributed by atoms with Crippen molar-refractivity contribution in [3.05, 3.63) is 18.0 Å². The molecule has 1 aliphatic heterocycles. The Morgan fingerprint density at radius 2 is 2.22 bits per heavy atom. The first-order valence-electron chi connectivity index (χ1n) is 8.55. The molecule has 23 heavy (non-hydrogen) atoms. The fourth-order valence-electron chi connectivity index (χ4n) is 3.02. The van der Waals surface area contributed by atoms with Crippen LogP contribution in [0.3, 0.4) is 0 Å². The zero-order valence-electron chi connectivity index (χ0n) is 15.0. The number of piperidine rings is 1. The zero-order chi connectivity index (χ0) is 17.0. The number of ether oxygens (including phenoxy) is 1. The van der Waals surface area contributed by atoms with Gasteiger partial charge in [-0.15, -0.1) is 0 Å². The molecule has 6 nitrogen and oxygen atoms in total. The highest BCUT2D eigenvalue weighted by Gasteiger charge is 2.33. The van der Waals surface area contributed by atoms with Gasteiger partial charge in [0.1, 0.15) is 5.60 Å². The summed E-state index contributed by atoms with van der Waals surface area (Å²) in [6.07, 6.45) is 3.68. The predicted molar refractivity (Wildman–Crippen MR) is 90.2 cm³/mol. The molecule has 0 bridgehead atoms. The molecular weight excluding hydrogens is 292 g/mol. The van der Waals surface area contributed by atoms with E-state index in [0.717, 1.165) is 32.5 Å². The van der Waals surface area contributed by atoms with Gasteiger partial charge < -0.3 is 15.0 Å². The fraction of sp³-hybridized carbons (Fsp3) is 0.765. The maximum Gasteiger partial charge on any atom is 0.410 e. The van der Waals surface area contributed by atoms with Crippen molar-refractivity contribution in [2.24, 2.45) is 0 Å². The molecule has 0 aliphatic carbocycles. The molecule has 130 valence electrons. The van der Waals surface area contributed by atoms with Crippen LogP contribution in [0.2, 0.25) is 0 Å². The molecule has 0 saturated carbocycles. The molecule has 1 aromatic rings. The van der Waals surface area contributed by atoms with Gasteiger partial charge in [0, 0.05) is 37.9 Å². The highest BCUT2D eigenvalue weighted by Crippen LogP contribution is 2.21. The molecule has 2 atom stereocenters. The van der Waals surface area contributed by atoms with E-state index in [1.807, 2.05) is 42.6 Å². The normalized spacial score (nSPS) is 22.2. The monoisotopic (exact) mass is 322 g/mol. The first kappa shape index (κ1) is 17.8. The van der Waals surface area contributed by atoms with Gasteiger partial charge in [-0.25, -0.2) is 4.79 Å². The number of nitrogens with one attached hydrogen (secondary N) is 1. The van der Waals surface area contributed by atoms with Crippen LogP contribution in [0.25, 0.3) is 0 Å². The third kappa shape index (κ3) is 4.70. The summed E-state index contributed by atoms with van der Waals surface area (Å²) in [4.78, 5) is 14.2. The first-order chi connectivity index (χ1) is 10.8. The van der Waals surface area contributed by atoms with Crippen LogP contribution in [0.15, 0.2) is 12.3 Å². The van der Waals surface area contributed by atoms with E-state index in [1.54, 1.807) is 0 Å². The van der Waals surface area contributed by atoms with E-state index >= 15 is 0 Å². The van der Waals surface area contributed by atoms with Gasteiger partial charge in [0.25, 0.3) is 0 Å². The quantitative estimate of drug-likeness (QED) is 0.926. The van der Waals surface area contributed by atoms with Crippen molar-refractivity contribution in [3.8, 4) is 0 Å². The van der Waals surface area contributed by atoms with Crippen molar-refractivity contribution in [3.63, 3.8) is 0 Å². The number of nitrogens with zero attached hydrogens (tertiary/aromatic N) is 3. The van der Waals surface area contributed by atoms with Crippen LogP contribution in [0.4, 0.5) is 4.79 Å². The second-order valence-electron chi connectivity index (χ2n) is 7.18. The largest absolute Gasteiger partial charge is 0.444 e. The Balaban J connectivity index is 1.94. The molecule has 0 spiro atoms. The van der Waals surface area contributed by atoms with Crippen molar-refractivity contribution < 1.29 is 9.53 Å². The average Bonchev–Trinajstić information content (AvgIpc) is 2.91. The molecular formula is C17H30N4O2. The van der Waals surface area contributed by atoms with E-state index in [1.165, 1.54) is 5.69 Å². The highest BCUT2D eigenvalue weighted by atomic mass is 16.6. The van der Waals surface area contributed by atoms with Crippen molar-refractivity contribution >= 4 is 6.09 Å². The molecule has 1 aliphatic rings. The van der Waals surface area contributed by atoms with Crippen LogP contribution in [0.5, 0.6) is 0 Å². The molecule has 2 heterocycles. The molecule has 1 N–H and O–H groups in total. The van der Waals surface area contributed by atoms with Crippen LogP contribution < -0.4 is 5.32 Å². The standard InChI is InChI=1S/C17H30N4O2/c1-6-21-14(9-10-19-21)12-18-15-8-7-11-20(13(15)2)16(22)23-17(3,4)5/h9-10,13,15,18H,6-8,11-12H2,1-5H3. The second-order valence-corrected chi connectivity index (χ2v) is 7.18. The number of rotatable bonds is 4. The molecule has 2 unspecified atom stereocenters. The fourth-order valence-corrected chi connectivity index (χ4v) is 3.02. The lowest BCUT2D eigenvalue weighted by Crippen LogP contribution is -2.55. The number of hydrogen-bond acceptors (Lipinski definition) is 4. The summed E-state index contributed by atoms with van der Waals surface area (Å²) in [5.74, 6) is 0. The lowest BCUT2D eigenvalue weighted by atomic mass is 9.98. The molecule has 1 fully saturated rings. The van der Waals surface area contributed by atoms with E-state index in [2.05, 4.69) is 24.3 Å². The van der Waals surface area contributed by atoms with Gasteiger partial charge in [0.2, 0.25) is 0 Å². The van der Waals surface area contributed by atoms with E-state index in [0.29, 0.717) is 0 Å². The Bertz CT molecular complexity index is 521. The molecule has 1 saturated heterocycles. The number of carbonyl (C=O) groups is 1. The number of likely N-dealkylation sites (tertiary alicyclic amines) is 1. The average molecular weight is 322 g/mol. The number of amides is 1. The van der Waals surface area contributed by atoms with Crippen LogP contribution in [0.1, 0.15) is 53.2 Å².